The van der Waals surface area contributed by atoms with Gasteiger partial charge in [-0.25, -0.2) is 8.78 Å². The first-order valence-corrected chi connectivity index (χ1v) is 23.4. The van der Waals surface area contributed by atoms with Crippen LogP contribution in [0.5, 0.6) is 0 Å². The van der Waals surface area contributed by atoms with Crippen molar-refractivity contribution in [3.05, 3.63) is 253 Å². The van der Waals surface area contributed by atoms with Crippen LogP contribution in [-0.4, -0.2) is 9.13 Å². The molecule has 0 saturated carbocycles. The van der Waals surface area contributed by atoms with Gasteiger partial charge in [-0.05, 0) is 168 Å². The standard InChI is InChI=1S/C63H44F2N4/c1-63(2)57-39-49(66(43-13-5-3-6-14-43)47-31-35-61-55(37-47)53-17-9-11-19-59(53)68(61)45-25-21-41(64)22-26-45)29-33-51(57)52-34-30-50(40-58(52)63)67(44-15-7-4-8-16-44)48-32-36-62-56(38-48)54-18-10-12-20-60(54)69(62)46-27-23-42(65)24-28-46/h3-40H,1-2H3. The molecule has 13 rings (SSSR count). The van der Waals surface area contributed by atoms with Gasteiger partial charge >= 0.3 is 0 Å². The zero-order valence-electron chi connectivity index (χ0n) is 38.0. The first-order valence-electron chi connectivity index (χ1n) is 23.4. The third kappa shape index (κ3) is 6.47. The average molecular weight is 895 g/mol. The molecular formula is C63H44F2N4. The van der Waals surface area contributed by atoms with Gasteiger partial charge < -0.3 is 18.9 Å². The van der Waals surface area contributed by atoms with Gasteiger partial charge in [-0.3, -0.25) is 0 Å². The molecule has 1 aliphatic rings. The van der Waals surface area contributed by atoms with Crippen molar-refractivity contribution in [1.82, 2.24) is 9.13 Å². The number of hydrogen-bond donors (Lipinski definition) is 0. The number of nitrogens with zero attached hydrogens (tertiary/aromatic N) is 4. The predicted molar refractivity (Wildman–Crippen MR) is 282 cm³/mol. The molecule has 0 N–H and O–H groups in total. The smallest absolute Gasteiger partial charge is 0.123 e. The van der Waals surface area contributed by atoms with E-state index in [-0.39, 0.29) is 17.0 Å². The van der Waals surface area contributed by atoms with Crippen LogP contribution < -0.4 is 9.80 Å². The molecule has 69 heavy (non-hydrogen) atoms. The Kier molecular flexibility index (Phi) is 9.21. The van der Waals surface area contributed by atoms with Gasteiger partial charge in [-0.2, -0.15) is 0 Å². The number of halogens is 2. The highest BCUT2D eigenvalue weighted by Crippen LogP contribution is 2.53. The number of rotatable bonds is 8. The fraction of sp³-hybridized carbons (Fsp3) is 0.0476. The SMILES string of the molecule is CC1(C)c2cc(N(c3ccccc3)c3ccc4c(c3)c3ccccc3n4-c3ccc(F)cc3)ccc2-c2ccc(N(c3ccccc3)c3ccc4c(c3)c3ccccc3n4-c3ccc(F)cc3)cc21. The van der Waals surface area contributed by atoms with Crippen molar-refractivity contribution in [3.63, 3.8) is 0 Å². The molecule has 0 spiro atoms. The quantitative estimate of drug-likeness (QED) is 0.151. The maximum absolute atomic E-state index is 14.1. The molecular weight excluding hydrogens is 851 g/mol. The Bertz CT molecular complexity index is 3690. The van der Waals surface area contributed by atoms with Gasteiger partial charge in [-0.15, -0.1) is 0 Å². The van der Waals surface area contributed by atoms with Crippen molar-refractivity contribution in [2.75, 3.05) is 9.80 Å². The van der Waals surface area contributed by atoms with Crippen LogP contribution in [0.2, 0.25) is 0 Å². The molecule has 6 heteroatoms. The number of para-hydroxylation sites is 4. The van der Waals surface area contributed by atoms with E-state index in [0.29, 0.717) is 0 Å². The van der Waals surface area contributed by atoms with Crippen LogP contribution in [0.4, 0.5) is 42.9 Å². The molecule has 0 radical (unpaired) electrons. The van der Waals surface area contributed by atoms with E-state index >= 15 is 0 Å². The number of anilines is 6. The zero-order chi connectivity index (χ0) is 46.4. The van der Waals surface area contributed by atoms with Crippen LogP contribution in [-0.2, 0) is 5.41 Å². The Balaban J connectivity index is 0.920. The van der Waals surface area contributed by atoms with Crippen molar-refractivity contribution in [2.24, 2.45) is 0 Å². The van der Waals surface area contributed by atoms with Gasteiger partial charge in [0.2, 0.25) is 0 Å². The maximum atomic E-state index is 14.1. The Morgan fingerprint density at radius 1 is 0.319 bits per heavy atom. The van der Waals surface area contributed by atoms with Crippen LogP contribution >= 0.6 is 0 Å². The molecule has 330 valence electrons. The molecule has 0 fully saturated rings. The lowest BCUT2D eigenvalue weighted by Gasteiger charge is -2.29. The van der Waals surface area contributed by atoms with Gasteiger partial charge in [0.25, 0.3) is 0 Å². The molecule has 0 saturated heterocycles. The predicted octanol–water partition coefficient (Wildman–Crippen LogP) is 17.4. The number of benzene rings is 10. The first-order chi connectivity index (χ1) is 33.8. The van der Waals surface area contributed by atoms with Gasteiger partial charge in [0.05, 0.1) is 22.1 Å². The van der Waals surface area contributed by atoms with Crippen LogP contribution in [0.1, 0.15) is 25.0 Å². The van der Waals surface area contributed by atoms with E-state index in [1.807, 2.05) is 24.3 Å². The highest BCUT2D eigenvalue weighted by molar-refractivity contribution is 6.12. The van der Waals surface area contributed by atoms with Gasteiger partial charge in [0, 0.05) is 72.5 Å². The second kappa shape index (κ2) is 15.7. The van der Waals surface area contributed by atoms with Crippen molar-refractivity contribution in [1.29, 1.82) is 0 Å². The van der Waals surface area contributed by atoms with Gasteiger partial charge in [0.15, 0.2) is 0 Å². The maximum Gasteiger partial charge on any atom is 0.123 e. The lowest BCUT2D eigenvalue weighted by atomic mass is 9.82. The van der Waals surface area contributed by atoms with Crippen molar-refractivity contribution < 1.29 is 8.78 Å². The molecule has 4 nitrogen and oxygen atoms in total. The monoisotopic (exact) mass is 894 g/mol. The molecule has 12 aromatic rings. The van der Waals surface area contributed by atoms with E-state index in [0.717, 1.165) is 89.1 Å². The summed E-state index contributed by atoms with van der Waals surface area (Å²) in [5.74, 6) is -0.509. The molecule has 2 aromatic heterocycles. The van der Waals surface area contributed by atoms with Crippen LogP contribution in [0.3, 0.4) is 0 Å². The number of aromatic nitrogens is 2. The second-order valence-electron chi connectivity index (χ2n) is 18.5. The van der Waals surface area contributed by atoms with Crippen molar-refractivity contribution >= 4 is 77.7 Å². The minimum absolute atomic E-state index is 0.255. The van der Waals surface area contributed by atoms with E-state index in [4.69, 9.17) is 0 Å². The van der Waals surface area contributed by atoms with Crippen molar-refractivity contribution in [2.45, 2.75) is 19.3 Å². The topological polar surface area (TPSA) is 16.3 Å². The van der Waals surface area contributed by atoms with Crippen LogP contribution in [0.15, 0.2) is 231 Å². The van der Waals surface area contributed by atoms with Crippen molar-refractivity contribution in [3.8, 4) is 22.5 Å². The number of fused-ring (bicyclic) bond motifs is 9. The minimum Gasteiger partial charge on any atom is -0.310 e. The minimum atomic E-state index is -0.333. The normalized spacial score (nSPS) is 12.8. The van der Waals surface area contributed by atoms with E-state index in [2.05, 4.69) is 215 Å². The highest BCUT2D eigenvalue weighted by Gasteiger charge is 2.37. The van der Waals surface area contributed by atoms with Crippen LogP contribution in [0, 0.1) is 11.6 Å². The lowest BCUT2D eigenvalue weighted by Crippen LogP contribution is -2.17. The summed E-state index contributed by atoms with van der Waals surface area (Å²) in [7, 11) is 0. The average Bonchev–Trinajstić information content (AvgIpc) is 3.97. The van der Waals surface area contributed by atoms with Gasteiger partial charge in [-0.1, -0.05) is 98.8 Å². The second-order valence-corrected chi connectivity index (χ2v) is 18.5. The Morgan fingerprint density at radius 2 is 0.667 bits per heavy atom. The summed E-state index contributed by atoms with van der Waals surface area (Å²) in [6, 6.07) is 78.7. The molecule has 2 heterocycles. The number of hydrogen-bond acceptors (Lipinski definition) is 2. The summed E-state index contributed by atoms with van der Waals surface area (Å²) in [5.41, 5.74) is 17.1. The molecule has 0 atom stereocenters. The largest absolute Gasteiger partial charge is 0.310 e. The molecule has 1 aliphatic carbocycles. The van der Waals surface area contributed by atoms with E-state index in [1.165, 1.54) is 46.5 Å². The summed E-state index contributed by atoms with van der Waals surface area (Å²) in [6.45, 7) is 4.69. The fourth-order valence-electron chi connectivity index (χ4n) is 11.0. The van der Waals surface area contributed by atoms with Gasteiger partial charge in [0.1, 0.15) is 11.6 Å². The summed E-state index contributed by atoms with van der Waals surface area (Å²) in [5, 5.41) is 4.51. The Hall–Kier alpha value is -8.74. The molecule has 10 aromatic carbocycles. The lowest BCUT2D eigenvalue weighted by molar-refractivity contribution is 0.627. The molecule has 0 bridgehead atoms. The molecule has 0 unspecified atom stereocenters. The third-order valence-electron chi connectivity index (χ3n) is 14.2. The van der Waals surface area contributed by atoms with E-state index in [1.54, 1.807) is 0 Å². The Labute approximate surface area is 398 Å². The summed E-state index contributed by atoms with van der Waals surface area (Å²) in [6.07, 6.45) is 0. The molecule has 0 aliphatic heterocycles. The fourth-order valence-corrected chi connectivity index (χ4v) is 11.0. The van der Waals surface area contributed by atoms with E-state index < -0.39 is 0 Å². The molecule has 0 amide bonds. The Morgan fingerprint density at radius 3 is 1.09 bits per heavy atom. The third-order valence-corrected chi connectivity index (χ3v) is 14.2. The summed E-state index contributed by atoms with van der Waals surface area (Å²) < 4.78 is 32.7. The van der Waals surface area contributed by atoms with Crippen LogP contribution in [0.25, 0.3) is 66.1 Å². The van der Waals surface area contributed by atoms with E-state index in [9.17, 15) is 8.78 Å². The zero-order valence-corrected chi connectivity index (χ0v) is 38.0. The summed E-state index contributed by atoms with van der Waals surface area (Å²) in [4.78, 5) is 4.71. The summed E-state index contributed by atoms with van der Waals surface area (Å²) >= 11 is 0. The first kappa shape index (κ1) is 40.5. The highest BCUT2D eigenvalue weighted by atomic mass is 19.1.